The van der Waals surface area contributed by atoms with Crippen molar-refractivity contribution in [1.82, 2.24) is 0 Å². The molecule has 1 aliphatic carbocycles. The van der Waals surface area contributed by atoms with E-state index in [0.29, 0.717) is 6.61 Å². The molecule has 0 bridgehead atoms. The second-order valence-electron chi connectivity index (χ2n) is 5.88. The van der Waals surface area contributed by atoms with Gasteiger partial charge in [-0.05, 0) is 34.8 Å². The summed E-state index contributed by atoms with van der Waals surface area (Å²) < 4.78 is 7.60. The molecular weight excluding hydrogens is 276 g/mol. The number of ether oxygens (including phenoxy) is 1. The van der Waals surface area contributed by atoms with Gasteiger partial charge in [0.15, 0.2) is 0 Å². The van der Waals surface area contributed by atoms with Crippen molar-refractivity contribution >= 4 is 11.6 Å². The third-order valence-electron chi connectivity index (χ3n) is 4.71. The van der Waals surface area contributed by atoms with Crippen LogP contribution in [-0.4, -0.2) is 29.1 Å². The Labute approximate surface area is 128 Å². The third-order valence-corrected chi connectivity index (χ3v) is 4.71. The van der Waals surface area contributed by atoms with Gasteiger partial charge in [0.2, 0.25) is 5.71 Å². The van der Waals surface area contributed by atoms with Crippen molar-refractivity contribution in [2.75, 3.05) is 6.61 Å². The van der Waals surface area contributed by atoms with Gasteiger partial charge >= 0.3 is 0 Å². The summed E-state index contributed by atoms with van der Waals surface area (Å²) in [5, 5.41) is 16.4. The topological polar surface area (TPSA) is 47.7 Å². The van der Waals surface area contributed by atoms with Gasteiger partial charge in [0.05, 0.1) is 23.7 Å². The zero-order chi connectivity index (χ0) is 14.7. The minimum Gasteiger partial charge on any atom is -0.857 e. The summed E-state index contributed by atoms with van der Waals surface area (Å²) in [5.74, 6) is -0.177. The average molecular weight is 290 g/mol. The smallest absolute Gasteiger partial charge is 0.296 e. The molecule has 4 nitrogen and oxygen atoms in total. The van der Waals surface area contributed by atoms with E-state index in [9.17, 15) is 5.11 Å². The highest BCUT2D eigenvalue weighted by molar-refractivity contribution is 6.22. The Hall–Kier alpha value is -2.46. The Morgan fingerprint density at radius 2 is 1.55 bits per heavy atom. The van der Waals surface area contributed by atoms with Crippen LogP contribution in [-0.2, 0) is 4.74 Å². The first-order valence-electron chi connectivity index (χ1n) is 7.57. The molecule has 0 radical (unpaired) electrons. The molecule has 0 spiro atoms. The van der Waals surface area contributed by atoms with Crippen molar-refractivity contribution in [2.24, 2.45) is 11.0 Å². The zero-order valence-electron chi connectivity index (χ0n) is 11.9. The molecule has 22 heavy (non-hydrogen) atoms. The fourth-order valence-corrected chi connectivity index (χ4v) is 3.72. The lowest BCUT2D eigenvalue weighted by Crippen LogP contribution is -2.31. The maximum Gasteiger partial charge on any atom is 0.296 e. The molecule has 2 atom stereocenters. The Kier molecular flexibility index (Phi) is 2.35. The number of rotatable bonds is 0. The highest BCUT2D eigenvalue weighted by Crippen LogP contribution is 2.38. The summed E-state index contributed by atoms with van der Waals surface area (Å²) in [6.45, 7) is 0.629. The standard InChI is InChI=1S/C18H14N2O2/c21-17-15-9-10-22-18(15)20(19-17)16-13-7-3-1-5-11(13)12-6-2-4-8-14(12)16/h1-8,15,18H,9-10H2/t15-,18-/m1/s1. The molecule has 1 fully saturated rings. The van der Waals surface area contributed by atoms with E-state index in [4.69, 9.17) is 4.74 Å². The number of hydrogen-bond acceptors (Lipinski definition) is 3. The minimum atomic E-state index is -0.248. The first kappa shape index (κ1) is 12.1. The Balaban J connectivity index is 1.84. The Morgan fingerprint density at radius 3 is 2.18 bits per heavy atom. The Morgan fingerprint density at radius 1 is 0.955 bits per heavy atom. The molecule has 5 rings (SSSR count). The average Bonchev–Trinajstić information content (AvgIpc) is 3.22. The van der Waals surface area contributed by atoms with Crippen molar-refractivity contribution < 1.29 is 14.5 Å². The summed E-state index contributed by atoms with van der Waals surface area (Å²) in [6, 6.07) is 16.5. The molecule has 1 saturated heterocycles. The lowest BCUT2D eigenvalue weighted by atomic mass is 10.1. The van der Waals surface area contributed by atoms with Gasteiger partial charge in [-0.3, -0.25) is 0 Å². The molecule has 2 heterocycles. The van der Waals surface area contributed by atoms with Crippen molar-refractivity contribution in [2.45, 2.75) is 12.6 Å². The van der Waals surface area contributed by atoms with E-state index in [1.807, 2.05) is 28.9 Å². The van der Waals surface area contributed by atoms with Crippen LogP contribution in [0, 0.1) is 5.92 Å². The quantitative estimate of drug-likeness (QED) is 0.590. The van der Waals surface area contributed by atoms with Gasteiger partial charge in [0, 0.05) is 5.90 Å². The normalized spacial score (nSPS) is 25.0. The Bertz CT molecular complexity index is 806. The van der Waals surface area contributed by atoms with Crippen molar-refractivity contribution in [3.8, 4) is 11.1 Å². The van der Waals surface area contributed by atoms with E-state index in [-0.39, 0.29) is 18.0 Å². The van der Waals surface area contributed by atoms with Gasteiger partial charge in [-0.2, -0.15) is 0 Å². The van der Waals surface area contributed by atoms with E-state index in [1.54, 1.807) is 0 Å². The van der Waals surface area contributed by atoms with Crippen LogP contribution in [0.4, 0.5) is 0 Å². The molecular formula is C18H14N2O2. The highest BCUT2D eigenvalue weighted by Gasteiger charge is 2.47. The molecule has 0 aromatic heterocycles. The van der Waals surface area contributed by atoms with Crippen LogP contribution >= 0.6 is 0 Å². The number of fused-ring (bicyclic) bond motifs is 4. The molecule has 0 N–H and O–H groups in total. The number of hydrazone groups is 1. The number of hydrogen-bond donors (Lipinski definition) is 0. The predicted octanol–water partition coefficient (Wildman–Crippen LogP) is 1.57. The van der Waals surface area contributed by atoms with Crippen LogP contribution in [0.3, 0.4) is 0 Å². The molecule has 2 aromatic rings. The molecule has 4 heteroatoms. The second kappa shape index (κ2) is 4.27. The predicted molar refractivity (Wildman–Crippen MR) is 80.6 cm³/mol. The molecule has 0 unspecified atom stereocenters. The summed E-state index contributed by atoms with van der Waals surface area (Å²) in [6.07, 6.45) is 0.516. The van der Waals surface area contributed by atoms with Crippen LogP contribution in [0.1, 0.15) is 17.5 Å². The molecule has 2 aliphatic heterocycles. The van der Waals surface area contributed by atoms with Crippen molar-refractivity contribution in [1.29, 1.82) is 0 Å². The first-order valence-corrected chi connectivity index (χ1v) is 7.57. The summed E-state index contributed by atoms with van der Waals surface area (Å²) in [4.78, 5) is 0. The van der Waals surface area contributed by atoms with Crippen molar-refractivity contribution in [3.63, 3.8) is 0 Å². The molecule has 108 valence electrons. The van der Waals surface area contributed by atoms with Crippen LogP contribution in [0.25, 0.3) is 11.1 Å². The van der Waals surface area contributed by atoms with Crippen LogP contribution in [0.5, 0.6) is 0 Å². The lowest BCUT2D eigenvalue weighted by molar-refractivity contribution is -0.606. The third kappa shape index (κ3) is 1.45. The summed E-state index contributed by atoms with van der Waals surface area (Å²) in [7, 11) is 0. The largest absolute Gasteiger partial charge is 0.857 e. The molecule has 3 aliphatic rings. The molecule has 0 saturated carbocycles. The second-order valence-corrected chi connectivity index (χ2v) is 5.88. The van der Waals surface area contributed by atoms with Crippen LogP contribution < -0.4 is 5.11 Å². The maximum atomic E-state index is 12.1. The lowest BCUT2D eigenvalue weighted by Gasteiger charge is -2.07. The van der Waals surface area contributed by atoms with E-state index in [0.717, 1.165) is 23.3 Å². The van der Waals surface area contributed by atoms with Gasteiger partial charge in [0.25, 0.3) is 6.23 Å². The van der Waals surface area contributed by atoms with Crippen LogP contribution in [0.2, 0.25) is 0 Å². The van der Waals surface area contributed by atoms with Gasteiger partial charge in [-0.1, -0.05) is 41.1 Å². The van der Waals surface area contributed by atoms with E-state index >= 15 is 0 Å². The minimum absolute atomic E-state index is 0.0585. The summed E-state index contributed by atoms with van der Waals surface area (Å²) in [5.41, 5.74) is 5.62. The fraction of sp³-hybridized carbons (Fsp3) is 0.222. The number of benzene rings is 2. The zero-order valence-corrected chi connectivity index (χ0v) is 11.9. The molecule has 0 amide bonds. The van der Waals surface area contributed by atoms with E-state index in [1.165, 1.54) is 11.1 Å². The van der Waals surface area contributed by atoms with Gasteiger partial charge in [-0.25, -0.2) is 0 Å². The van der Waals surface area contributed by atoms with Crippen LogP contribution in [0.15, 0.2) is 53.6 Å². The first-order chi connectivity index (χ1) is 10.8. The molecule has 2 aromatic carbocycles. The van der Waals surface area contributed by atoms with Gasteiger partial charge < -0.3 is 9.84 Å². The maximum absolute atomic E-state index is 12.1. The summed E-state index contributed by atoms with van der Waals surface area (Å²) >= 11 is 0. The fourth-order valence-electron chi connectivity index (χ4n) is 3.72. The number of nitrogens with zero attached hydrogens (tertiary/aromatic N) is 2. The van der Waals surface area contributed by atoms with Gasteiger partial charge in [0.1, 0.15) is 0 Å². The van der Waals surface area contributed by atoms with E-state index in [2.05, 4.69) is 29.4 Å². The van der Waals surface area contributed by atoms with E-state index < -0.39 is 0 Å². The highest BCUT2D eigenvalue weighted by atomic mass is 16.5. The SMILES string of the molecule is [O-]C1=N[N+](=C2c3ccccc3-c3ccccc32)[C@@H]2OCC[C@H]12. The van der Waals surface area contributed by atoms with Crippen molar-refractivity contribution in [3.05, 3.63) is 59.7 Å². The monoisotopic (exact) mass is 290 g/mol. The van der Waals surface area contributed by atoms with Gasteiger partial charge in [-0.15, -0.1) is 0 Å².